The van der Waals surface area contributed by atoms with Gasteiger partial charge < -0.3 is 19.3 Å². The number of carbonyl (C=O) groups is 1. The molecule has 1 aliphatic rings. The summed E-state index contributed by atoms with van der Waals surface area (Å²) in [6.45, 7) is 0.402. The minimum Gasteiger partial charge on any atom is -0.493 e. The molecule has 1 N–H and O–H groups in total. The van der Waals surface area contributed by atoms with Crippen molar-refractivity contribution in [3.63, 3.8) is 0 Å². The van der Waals surface area contributed by atoms with Crippen LogP contribution in [0.4, 0.5) is 0 Å². The normalized spacial score (nSPS) is 17.9. The predicted molar refractivity (Wildman–Crippen MR) is 60.0 cm³/mol. The molecule has 2 rings (SSSR count). The highest BCUT2D eigenvalue weighted by molar-refractivity contribution is 5.78. The van der Waals surface area contributed by atoms with E-state index < -0.39 is 11.9 Å². The van der Waals surface area contributed by atoms with Gasteiger partial charge in [-0.3, -0.25) is 4.79 Å². The van der Waals surface area contributed by atoms with E-state index in [4.69, 9.17) is 19.3 Å². The fraction of sp³-hybridized carbons (Fsp3) is 0.417. The highest BCUT2D eigenvalue weighted by Crippen LogP contribution is 2.41. The molecule has 0 saturated heterocycles. The number of hydrogen-bond acceptors (Lipinski definition) is 4. The summed E-state index contributed by atoms with van der Waals surface area (Å²) in [6, 6.07) is 3.34. The Balaban J connectivity index is 2.50. The van der Waals surface area contributed by atoms with Crippen LogP contribution in [0.3, 0.4) is 0 Å². The molecule has 1 aliphatic heterocycles. The predicted octanol–water partition coefficient (Wildman–Crippen LogP) is 1.65. The molecule has 5 heteroatoms. The van der Waals surface area contributed by atoms with E-state index in [1.165, 1.54) is 14.2 Å². The topological polar surface area (TPSA) is 65.0 Å². The van der Waals surface area contributed by atoms with Crippen molar-refractivity contribution in [1.82, 2.24) is 0 Å². The van der Waals surface area contributed by atoms with E-state index in [0.717, 1.165) is 0 Å². The van der Waals surface area contributed by atoms with Crippen LogP contribution in [-0.2, 0) is 4.79 Å². The molecular formula is C12H14O5. The molecule has 1 unspecified atom stereocenters. The average Bonchev–Trinajstić information content (AvgIpc) is 2.35. The number of hydrogen-bond donors (Lipinski definition) is 1. The lowest BCUT2D eigenvalue weighted by Gasteiger charge is -2.24. The monoisotopic (exact) mass is 238 g/mol. The summed E-state index contributed by atoms with van der Waals surface area (Å²) in [7, 11) is 3.05. The number of carboxylic acids is 1. The Kier molecular flexibility index (Phi) is 3.08. The molecule has 1 aromatic carbocycles. The maximum Gasteiger partial charge on any atom is 0.311 e. The van der Waals surface area contributed by atoms with Gasteiger partial charge in [0.05, 0.1) is 26.7 Å². The molecule has 0 aliphatic carbocycles. The summed E-state index contributed by atoms with van der Waals surface area (Å²) in [5.41, 5.74) is 0.640. The third-order valence-corrected chi connectivity index (χ3v) is 2.85. The summed E-state index contributed by atoms with van der Waals surface area (Å²) in [6.07, 6.45) is 0.470. The summed E-state index contributed by atoms with van der Waals surface area (Å²) in [5.74, 6) is 0.224. The lowest BCUT2D eigenvalue weighted by Crippen LogP contribution is -2.21. The first-order valence-electron chi connectivity index (χ1n) is 5.29. The third-order valence-electron chi connectivity index (χ3n) is 2.85. The zero-order valence-electron chi connectivity index (χ0n) is 9.73. The lowest BCUT2D eigenvalue weighted by atomic mass is 9.93. The maximum absolute atomic E-state index is 11.1. The molecule has 0 radical (unpaired) electrons. The van der Waals surface area contributed by atoms with E-state index in [2.05, 4.69) is 0 Å². The van der Waals surface area contributed by atoms with Crippen LogP contribution >= 0.6 is 0 Å². The molecule has 1 aromatic rings. The highest BCUT2D eigenvalue weighted by Gasteiger charge is 2.29. The van der Waals surface area contributed by atoms with Crippen LogP contribution in [0.5, 0.6) is 17.2 Å². The van der Waals surface area contributed by atoms with Gasteiger partial charge in [-0.15, -0.1) is 0 Å². The second kappa shape index (κ2) is 4.53. The number of carboxylic acid groups (broad SMARTS) is 1. The largest absolute Gasteiger partial charge is 0.493 e. The van der Waals surface area contributed by atoms with Crippen molar-refractivity contribution in [3.05, 3.63) is 17.7 Å². The van der Waals surface area contributed by atoms with E-state index in [0.29, 0.717) is 35.8 Å². The molecule has 0 bridgehead atoms. The molecule has 0 saturated carbocycles. The van der Waals surface area contributed by atoms with Crippen LogP contribution in [0, 0.1) is 0 Å². The Morgan fingerprint density at radius 1 is 1.35 bits per heavy atom. The fourth-order valence-electron chi connectivity index (χ4n) is 1.97. The lowest BCUT2D eigenvalue weighted by molar-refractivity contribution is -0.139. The first-order valence-corrected chi connectivity index (χ1v) is 5.29. The minimum atomic E-state index is -0.846. The van der Waals surface area contributed by atoms with Crippen molar-refractivity contribution in [2.75, 3.05) is 20.8 Å². The van der Waals surface area contributed by atoms with Crippen LogP contribution in [0.1, 0.15) is 17.9 Å². The van der Waals surface area contributed by atoms with Gasteiger partial charge in [0.15, 0.2) is 11.5 Å². The Hall–Kier alpha value is -1.91. The molecular weight excluding hydrogens is 224 g/mol. The molecule has 0 fully saturated rings. The Bertz CT molecular complexity index is 441. The van der Waals surface area contributed by atoms with E-state index in [1.54, 1.807) is 12.1 Å². The van der Waals surface area contributed by atoms with Gasteiger partial charge in [0.1, 0.15) is 5.75 Å². The number of fused-ring (bicyclic) bond motifs is 1. The van der Waals surface area contributed by atoms with Crippen LogP contribution in [0.25, 0.3) is 0 Å². The molecule has 1 atom stereocenters. The number of rotatable bonds is 3. The van der Waals surface area contributed by atoms with Crippen molar-refractivity contribution in [1.29, 1.82) is 0 Å². The van der Waals surface area contributed by atoms with Gasteiger partial charge in [0.25, 0.3) is 0 Å². The SMILES string of the molecule is COc1cc2c(cc1OC)C(C(=O)O)CCO2. The van der Waals surface area contributed by atoms with Gasteiger partial charge >= 0.3 is 5.97 Å². The van der Waals surface area contributed by atoms with Gasteiger partial charge in [0.2, 0.25) is 0 Å². The zero-order valence-corrected chi connectivity index (χ0v) is 9.73. The average molecular weight is 238 g/mol. The van der Waals surface area contributed by atoms with Crippen LogP contribution in [0.2, 0.25) is 0 Å². The molecule has 5 nitrogen and oxygen atoms in total. The second-order valence-electron chi connectivity index (χ2n) is 3.77. The molecule has 0 aromatic heterocycles. The maximum atomic E-state index is 11.1. The van der Waals surface area contributed by atoms with Crippen molar-refractivity contribution in [2.45, 2.75) is 12.3 Å². The standard InChI is InChI=1S/C12H14O5/c1-15-10-5-8-7(12(13)14)3-4-17-9(8)6-11(10)16-2/h5-7H,3-4H2,1-2H3,(H,13,14). The van der Waals surface area contributed by atoms with Crippen LogP contribution in [0.15, 0.2) is 12.1 Å². The Labute approximate surface area is 98.9 Å². The fourth-order valence-corrected chi connectivity index (χ4v) is 1.97. The van der Waals surface area contributed by atoms with Crippen molar-refractivity contribution >= 4 is 5.97 Å². The second-order valence-corrected chi connectivity index (χ2v) is 3.77. The van der Waals surface area contributed by atoms with Gasteiger partial charge in [-0.05, 0) is 12.5 Å². The number of methoxy groups -OCH3 is 2. The minimum absolute atomic E-state index is 0.402. The van der Waals surface area contributed by atoms with E-state index >= 15 is 0 Å². The summed E-state index contributed by atoms with van der Waals surface area (Å²) in [5, 5.41) is 9.15. The summed E-state index contributed by atoms with van der Waals surface area (Å²) in [4.78, 5) is 11.1. The molecule has 1 heterocycles. The highest BCUT2D eigenvalue weighted by atomic mass is 16.5. The van der Waals surface area contributed by atoms with Crippen LogP contribution < -0.4 is 14.2 Å². The Morgan fingerprint density at radius 2 is 2.00 bits per heavy atom. The van der Waals surface area contributed by atoms with Gasteiger partial charge in [-0.2, -0.15) is 0 Å². The van der Waals surface area contributed by atoms with Crippen molar-refractivity contribution in [2.24, 2.45) is 0 Å². The van der Waals surface area contributed by atoms with Gasteiger partial charge in [-0.1, -0.05) is 0 Å². The van der Waals surface area contributed by atoms with E-state index in [-0.39, 0.29) is 0 Å². The van der Waals surface area contributed by atoms with Crippen molar-refractivity contribution in [3.8, 4) is 17.2 Å². The first-order chi connectivity index (χ1) is 8.17. The van der Waals surface area contributed by atoms with Crippen LogP contribution in [-0.4, -0.2) is 31.9 Å². The Morgan fingerprint density at radius 3 is 2.59 bits per heavy atom. The first kappa shape index (κ1) is 11.6. The van der Waals surface area contributed by atoms with Crippen molar-refractivity contribution < 1.29 is 24.1 Å². The number of ether oxygens (including phenoxy) is 3. The van der Waals surface area contributed by atoms with Gasteiger partial charge in [0, 0.05) is 11.6 Å². The summed E-state index contributed by atoms with van der Waals surface area (Å²) < 4.78 is 15.7. The number of aliphatic carboxylic acids is 1. The molecule has 0 amide bonds. The molecule has 17 heavy (non-hydrogen) atoms. The third kappa shape index (κ3) is 2.00. The van der Waals surface area contributed by atoms with E-state index in [9.17, 15) is 4.79 Å². The van der Waals surface area contributed by atoms with E-state index in [1.807, 2.05) is 0 Å². The smallest absolute Gasteiger partial charge is 0.311 e. The quantitative estimate of drug-likeness (QED) is 0.867. The van der Waals surface area contributed by atoms with Gasteiger partial charge in [-0.25, -0.2) is 0 Å². The zero-order chi connectivity index (χ0) is 12.4. The molecule has 0 spiro atoms. The number of benzene rings is 1. The molecule has 92 valence electrons. The summed E-state index contributed by atoms with van der Waals surface area (Å²) >= 11 is 0.